The monoisotopic (exact) mass is 331 g/mol. The van der Waals surface area contributed by atoms with Gasteiger partial charge in [-0.3, -0.25) is 4.79 Å². The predicted molar refractivity (Wildman–Crippen MR) is 90.8 cm³/mol. The summed E-state index contributed by atoms with van der Waals surface area (Å²) in [4.78, 5) is 18.6. The molecule has 1 unspecified atom stereocenters. The predicted octanol–water partition coefficient (Wildman–Crippen LogP) is 3.06. The van der Waals surface area contributed by atoms with Gasteiger partial charge in [-0.2, -0.15) is 4.98 Å². The van der Waals surface area contributed by atoms with Crippen LogP contribution in [0.1, 0.15) is 43.6 Å². The number of carbonyl (C=O) groups is 1. The fraction of sp³-hybridized carbons (Fsp3) is 0.500. The summed E-state index contributed by atoms with van der Waals surface area (Å²) in [5, 5.41) is 3.86. The molecule has 2 rings (SSSR count). The molecule has 1 aromatic heterocycles. The van der Waals surface area contributed by atoms with Crippen molar-refractivity contribution in [3.05, 3.63) is 41.0 Å². The number of nitrogens with zero attached hydrogens (tertiary/aromatic N) is 3. The molecule has 2 aromatic rings. The van der Waals surface area contributed by atoms with E-state index in [1.54, 1.807) is 11.8 Å². The first-order valence-electron chi connectivity index (χ1n) is 8.28. The zero-order valence-electron chi connectivity index (χ0n) is 15.0. The molecule has 0 aliphatic heterocycles. The fourth-order valence-electron chi connectivity index (χ4n) is 2.34. The molecule has 130 valence electrons. The maximum atomic E-state index is 12.7. The normalized spacial score (nSPS) is 12.0. The third-order valence-electron chi connectivity index (χ3n) is 3.84. The summed E-state index contributed by atoms with van der Waals surface area (Å²) < 4.78 is 11.1. The zero-order chi connectivity index (χ0) is 17.7. The first-order valence-corrected chi connectivity index (χ1v) is 8.28. The number of benzene rings is 1. The molecule has 24 heavy (non-hydrogen) atoms. The van der Waals surface area contributed by atoms with Gasteiger partial charge in [0.05, 0.1) is 0 Å². The van der Waals surface area contributed by atoms with E-state index in [1.165, 1.54) is 0 Å². The van der Waals surface area contributed by atoms with E-state index in [0.717, 1.165) is 16.9 Å². The van der Waals surface area contributed by atoms with Gasteiger partial charge in [0.25, 0.3) is 5.91 Å². The van der Waals surface area contributed by atoms with Gasteiger partial charge in [0.15, 0.2) is 11.9 Å². The highest BCUT2D eigenvalue weighted by atomic mass is 16.5. The highest BCUT2D eigenvalue weighted by molar-refractivity contribution is 5.80. The zero-order valence-corrected chi connectivity index (χ0v) is 15.0. The first kappa shape index (κ1) is 18.0. The molecule has 0 N–H and O–H groups in total. The summed E-state index contributed by atoms with van der Waals surface area (Å²) in [6.07, 6.45) is 0.120. The van der Waals surface area contributed by atoms with E-state index in [9.17, 15) is 4.79 Å². The topological polar surface area (TPSA) is 68.5 Å². The Kier molecular flexibility index (Phi) is 5.95. The Bertz CT molecular complexity index is 697. The average Bonchev–Trinajstić information content (AvgIpc) is 3.03. The van der Waals surface area contributed by atoms with Crippen molar-refractivity contribution in [1.29, 1.82) is 0 Å². The van der Waals surface area contributed by atoms with Gasteiger partial charge in [-0.1, -0.05) is 24.2 Å². The van der Waals surface area contributed by atoms with Crippen LogP contribution < -0.4 is 4.74 Å². The van der Waals surface area contributed by atoms with Gasteiger partial charge in [0.1, 0.15) is 12.3 Å². The van der Waals surface area contributed by atoms with Crippen LogP contribution in [0, 0.1) is 13.8 Å². The van der Waals surface area contributed by atoms with Crippen molar-refractivity contribution < 1.29 is 14.1 Å². The molecule has 1 heterocycles. The van der Waals surface area contributed by atoms with Crippen LogP contribution in [0.25, 0.3) is 0 Å². The van der Waals surface area contributed by atoms with Gasteiger partial charge in [0.2, 0.25) is 5.89 Å². The van der Waals surface area contributed by atoms with Crippen LogP contribution in [0.15, 0.2) is 22.7 Å². The van der Waals surface area contributed by atoms with E-state index >= 15 is 0 Å². The van der Waals surface area contributed by atoms with Crippen LogP contribution in [-0.2, 0) is 17.8 Å². The maximum absolute atomic E-state index is 12.7. The molecule has 0 spiro atoms. The molecule has 1 amide bonds. The molecule has 1 atom stereocenters. The van der Waals surface area contributed by atoms with E-state index < -0.39 is 6.10 Å². The summed E-state index contributed by atoms with van der Waals surface area (Å²) in [5.74, 6) is 1.72. The number of likely N-dealkylation sites (N-methyl/N-ethyl adjacent to an activating group) is 1. The number of hydrogen-bond donors (Lipinski definition) is 0. The summed E-state index contributed by atoms with van der Waals surface area (Å²) in [6.45, 7) is 10.4. The summed E-state index contributed by atoms with van der Waals surface area (Å²) in [5.41, 5.74) is 2.10. The Morgan fingerprint density at radius 1 is 1.33 bits per heavy atom. The molecular weight excluding hydrogens is 306 g/mol. The minimum Gasteiger partial charge on any atom is -0.481 e. The molecule has 0 radical (unpaired) electrons. The van der Waals surface area contributed by atoms with Crippen molar-refractivity contribution in [3.63, 3.8) is 0 Å². The van der Waals surface area contributed by atoms with Crippen LogP contribution in [0.5, 0.6) is 5.75 Å². The van der Waals surface area contributed by atoms with Crippen molar-refractivity contribution in [2.45, 2.75) is 53.7 Å². The molecule has 1 aromatic carbocycles. The van der Waals surface area contributed by atoms with Gasteiger partial charge in [-0.15, -0.1) is 0 Å². The number of amides is 1. The summed E-state index contributed by atoms with van der Waals surface area (Å²) >= 11 is 0. The molecule has 0 aliphatic rings. The van der Waals surface area contributed by atoms with Crippen LogP contribution in [0.2, 0.25) is 0 Å². The van der Waals surface area contributed by atoms with E-state index in [2.05, 4.69) is 10.1 Å². The molecule has 0 fully saturated rings. The second-order valence-corrected chi connectivity index (χ2v) is 5.84. The number of aromatic nitrogens is 2. The standard InChI is InChI=1S/C18H25N3O3/c1-6-16-19-17(24-20-16)11-21(7-2)18(22)14(5)23-15-10-12(3)8-9-13(15)4/h8-10,14H,6-7,11H2,1-5H3. The molecule has 0 bridgehead atoms. The largest absolute Gasteiger partial charge is 0.481 e. The second-order valence-electron chi connectivity index (χ2n) is 5.84. The Labute approximate surface area is 142 Å². The van der Waals surface area contributed by atoms with Crippen molar-refractivity contribution in [2.24, 2.45) is 0 Å². The molecule has 6 nitrogen and oxygen atoms in total. The Morgan fingerprint density at radius 3 is 2.71 bits per heavy atom. The lowest BCUT2D eigenvalue weighted by molar-refractivity contribution is -0.138. The van der Waals surface area contributed by atoms with Gasteiger partial charge in [0, 0.05) is 13.0 Å². The van der Waals surface area contributed by atoms with Gasteiger partial charge in [-0.25, -0.2) is 0 Å². The third-order valence-corrected chi connectivity index (χ3v) is 3.84. The van der Waals surface area contributed by atoms with E-state index in [-0.39, 0.29) is 5.91 Å². The summed E-state index contributed by atoms with van der Waals surface area (Å²) in [7, 11) is 0. The smallest absolute Gasteiger partial charge is 0.263 e. The van der Waals surface area contributed by atoms with Gasteiger partial charge in [-0.05, 0) is 44.9 Å². The van der Waals surface area contributed by atoms with E-state index in [1.807, 2.05) is 45.9 Å². The number of aryl methyl sites for hydroxylation is 3. The lowest BCUT2D eigenvalue weighted by Gasteiger charge is -2.24. The molecular formula is C18H25N3O3. The Balaban J connectivity index is 2.05. The highest BCUT2D eigenvalue weighted by Crippen LogP contribution is 2.21. The second kappa shape index (κ2) is 7.95. The van der Waals surface area contributed by atoms with Crippen molar-refractivity contribution in [3.8, 4) is 5.75 Å². The third kappa shape index (κ3) is 4.34. The minimum absolute atomic E-state index is 0.102. The van der Waals surface area contributed by atoms with Crippen LogP contribution in [0.4, 0.5) is 0 Å². The Morgan fingerprint density at radius 2 is 2.08 bits per heavy atom. The first-order chi connectivity index (χ1) is 11.4. The molecule has 6 heteroatoms. The molecule has 0 aliphatic carbocycles. The van der Waals surface area contributed by atoms with Crippen LogP contribution in [-0.4, -0.2) is 33.6 Å². The van der Waals surface area contributed by atoms with Gasteiger partial charge < -0.3 is 14.2 Å². The maximum Gasteiger partial charge on any atom is 0.263 e. The Hall–Kier alpha value is -2.37. The van der Waals surface area contributed by atoms with Crippen molar-refractivity contribution in [1.82, 2.24) is 15.0 Å². The SMILES string of the molecule is CCc1noc(CN(CC)C(=O)C(C)Oc2cc(C)ccc2C)n1. The van der Waals surface area contributed by atoms with E-state index in [0.29, 0.717) is 31.2 Å². The number of hydrogen-bond acceptors (Lipinski definition) is 5. The van der Waals surface area contributed by atoms with E-state index in [4.69, 9.17) is 9.26 Å². The van der Waals surface area contributed by atoms with Crippen molar-refractivity contribution in [2.75, 3.05) is 6.54 Å². The summed E-state index contributed by atoms with van der Waals surface area (Å²) in [6, 6.07) is 5.96. The minimum atomic E-state index is -0.584. The van der Waals surface area contributed by atoms with Crippen LogP contribution in [0.3, 0.4) is 0 Å². The number of rotatable bonds is 7. The van der Waals surface area contributed by atoms with Crippen molar-refractivity contribution >= 4 is 5.91 Å². The quantitative estimate of drug-likeness (QED) is 0.780. The molecule has 0 saturated heterocycles. The highest BCUT2D eigenvalue weighted by Gasteiger charge is 2.23. The average molecular weight is 331 g/mol. The van der Waals surface area contributed by atoms with Gasteiger partial charge >= 0.3 is 0 Å². The fourth-order valence-corrected chi connectivity index (χ4v) is 2.34. The lowest BCUT2D eigenvalue weighted by atomic mass is 10.1. The number of carbonyl (C=O) groups excluding carboxylic acids is 1. The van der Waals surface area contributed by atoms with Crippen LogP contribution >= 0.6 is 0 Å². The molecule has 0 saturated carbocycles. The number of ether oxygens (including phenoxy) is 1. The lowest BCUT2D eigenvalue weighted by Crippen LogP contribution is -2.40.